The summed E-state index contributed by atoms with van der Waals surface area (Å²) in [6.07, 6.45) is 2.55. The van der Waals surface area contributed by atoms with Crippen LogP contribution in [-0.4, -0.2) is 47.3 Å². The van der Waals surface area contributed by atoms with E-state index in [0.717, 1.165) is 0 Å². The number of aliphatic imine (C=N–C) groups is 2. The molecular weight excluding hydrogens is 403 g/mol. The Morgan fingerprint density at radius 2 is 2.29 bits per heavy atom. The number of amides is 1. The van der Waals surface area contributed by atoms with Gasteiger partial charge in [-0.05, 0) is 30.3 Å². The molecule has 0 saturated carbocycles. The van der Waals surface area contributed by atoms with Gasteiger partial charge in [-0.1, -0.05) is 6.07 Å². The minimum Gasteiger partial charge on any atom is -0.453 e. The molecule has 11 heteroatoms. The summed E-state index contributed by atoms with van der Waals surface area (Å²) >= 11 is 0. The summed E-state index contributed by atoms with van der Waals surface area (Å²) in [5.41, 5.74) is 4.03. The molecule has 156 valence electrons. The zero-order chi connectivity index (χ0) is 21.8. The van der Waals surface area contributed by atoms with Gasteiger partial charge in [0.2, 0.25) is 0 Å². The molecule has 3 N–H and O–H groups in total. The zero-order valence-corrected chi connectivity index (χ0v) is 16.3. The minimum absolute atomic E-state index is 0.0473. The van der Waals surface area contributed by atoms with E-state index in [1.54, 1.807) is 29.4 Å². The Morgan fingerprint density at radius 3 is 3.03 bits per heavy atom. The highest BCUT2D eigenvalue weighted by Gasteiger charge is 2.34. The van der Waals surface area contributed by atoms with Crippen molar-refractivity contribution in [3.63, 3.8) is 0 Å². The van der Waals surface area contributed by atoms with Crippen molar-refractivity contribution in [1.82, 2.24) is 15.4 Å². The van der Waals surface area contributed by atoms with Gasteiger partial charge in [0.15, 0.2) is 17.7 Å². The van der Waals surface area contributed by atoms with Crippen LogP contribution in [0, 0.1) is 17.1 Å². The highest BCUT2D eigenvalue weighted by Crippen LogP contribution is 2.23. The lowest BCUT2D eigenvalue weighted by atomic mass is 10.2. The third kappa shape index (κ3) is 4.27. The lowest BCUT2D eigenvalue weighted by Gasteiger charge is -2.31. The van der Waals surface area contributed by atoms with Gasteiger partial charge in [0.05, 0.1) is 25.4 Å². The van der Waals surface area contributed by atoms with Crippen molar-refractivity contribution in [2.75, 3.05) is 24.3 Å². The van der Waals surface area contributed by atoms with Crippen LogP contribution >= 0.6 is 0 Å². The Bertz CT molecular complexity index is 1140. The van der Waals surface area contributed by atoms with Gasteiger partial charge >= 0.3 is 6.09 Å². The van der Waals surface area contributed by atoms with E-state index in [2.05, 4.69) is 41.8 Å². The average Bonchev–Trinajstić information content (AvgIpc) is 3.20. The number of carbonyl (C=O) groups excluding carboxylic acids is 1. The predicted molar refractivity (Wildman–Crippen MR) is 112 cm³/mol. The maximum absolute atomic E-state index is 14.0. The number of fused-ring (bicyclic) bond motifs is 1. The van der Waals surface area contributed by atoms with Gasteiger partial charge in [-0.3, -0.25) is 15.7 Å². The Labute approximate surface area is 176 Å². The fraction of sp³-hybridized carbons (Fsp3) is 0.150. The number of nitrogens with one attached hydrogen (secondary N) is 3. The van der Waals surface area contributed by atoms with Crippen LogP contribution in [0.2, 0.25) is 0 Å². The number of hydrazine groups is 1. The average molecular weight is 420 g/mol. The molecule has 0 saturated heterocycles. The number of ether oxygens (including phenoxy) is 1. The minimum atomic E-state index is -0.786. The normalized spacial score (nSPS) is 18.3. The van der Waals surface area contributed by atoms with E-state index in [4.69, 9.17) is 0 Å². The number of methoxy groups -OCH3 is 1. The molecule has 1 unspecified atom stereocenters. The molecule has 1 atom stereocenters. The van der Waals surface area contributed by atoms with Crippen LogP contribution < -0.4 is 16.1 Å². The largest absolute Gasteiger partial charge is 0.453 e. The molecule has 0 fully saturated rings. The SMILES string of the molecule is COC(=O)Nc1cc(NC2=CC(=Nc3ccccn3)C3=NCC(C#N)N3N2)ccc1F. The van der Waals surface area contributed by atoms with Gasteiger partial charge in [-0.2, -0.15) is 5.26 Å². The first-order chi connectivity index (χ1) is 15.1. The molecular formula is C20H17FN8O2. The Morgan fingerprint density at radius 1 is 1.42 bits per heavy atom. The van der Waals surface area contributed by atoms with Gasteiger partial charge in [-0.15, -0.1) is 0 Å². The Hall–Kier alpha value is -4.46. The van der Waals surface area contributed by atoms with Crippen LogP contribution in [0.25, 0.3) is 0 Å². The van der Waals surface area contributed by atoms with Crippen LogP contribution in [0.5, 0.6) is 0 Å². The molecule has 1 aromatic heterocycles. The van der Waals surface area contributed by atoms with Crippen molar-refractivity contribution in [3.05, 3.63) is 60.3 Å². The number of amidine groups is 1. The van der Waals surface area contributed by atoms with E-state index in [1.165, 1.54) is 25.3 Å². The van der Waals surface area contributed by atoms with Crippen LogP contribution in [0.15, 0.2) is 64.5 Å². The quantitative estimate of drug-likeness (QED) is 0.694. The maximum Gasteiger partial charge on any atom is 0.411 e. The van der Waals surface area contributed by atoms with E-state index >= 15 is 0 Å². The molecule has 0 spiro atoms. The van der Waals surface area contributed by atoms with E-state index in [0.29, 0.717) is 35.4 Å². The molecule has 0 aliphatic carbocycles. The summed E-state index contributed by atoms with van der Waals surface area (Å²) in [6, 6.07) is 11.2. The van der Waals surface area contributed by atoms with E-state index in [-0.39, 0.29) is 5.69 Å². The second-order valence-corrected chi connectivity index (χ2v) is 6.47. The van der Waals surface area contributed by atoms with Crippen molar-refractivity contribution in [2.45, 2.75) is 6.04 Å². The molecule has 0 bridgehead atoms. The van der Waals surface area contributed by atoms with Gasteiger partial charge < -0.3 is 10.1 Å². The van der Waals surface area contributed by atoms with Gasteiger partial charge in [0, 0.05) is 18.0 Å². The molecule has 10 nitrogen and oxygen atoms in total. The molecule has 1 aromatic carbocycles. The van der Waals surface area contributed by atoms with Crippen molar-refractivity contribution in [1.29, 1.82) is 5.26 Å². The smallest absolute Gasteiger partial charge is 0.411 e. The van der Waals surface area contributed by atoms with Gasteiger partial charge in [0.25, 0.3) is 0 Å². The van der Waals surface area contributed by atoms with Crippen LogP contribution in [0.1, 0.15) is 0 Å². The first kappa shape index (κ1) is 19.8. The standard InChI is InChI=1S/C20H17FN8O2/c1-31-20(30)27-15-8-12(5-6-14(15)21)25-18-9-16(26-17-4-2-3-7-23-17)19-24-11-13(10-22)29(19)28-18/h2-9,13,25,28H,11H2,1H3,(H,27,30). The van der Waals surface area contributed by atoms with E-state index in [1.807, 2.05) is 6.07 Å². The van der Waals surface area contributed by atoms with Gasteiger partial charge in [0.1, 0.15) is 17.3 Å². The van der Waals surface area contributed by atoms with Gasteiger partial charge in [-0.25, -0.2) is 24.2 Å². The van der Waals surface area contributed by atoms with Crippen LogP contribution in [-0.2, 0) is 4.74 Å². The summed E-state index contributed by atoms with van der Waals surface area (Å²) in [4.78, 5) is 24.6. The molecule has 3 heterocycles. The fourth-order valence-electron chi connectivity index (χ4n) is 2.98. The number of halogens is 1. The first-order valence-corrected chi connectivity index (χ1v) is 9.20. The van der Waals surface area contributed by atoms with Crippen molar-refractivity contribution in [3.8, 4) is 6.07 Å². The number of carbonyl (C=O) groups is 1. The number of hydrogen-bond acceptors (Lipinski definition) is 9. The lowest BCUT2D eigenvalue weighted by Crippen LogP contribution is -2.52. The highest BCUT2D eigenvalue weighted by atomic mass is 19.1. The van der Waals surface area contributed by atoms with Crippen LogP contribution in [0.3, 0.4) is 0 Å². The monoisotopic (exact) mass is 420 g/mol. The van der Waals surface area contributed by atoms with E-state index in [9.17, 15) is 14.4 Å². The van der Waals surface area contributed by atoms with Crippen molar-refractivity contribution in [2.24, 2.45) is 9.98 Å². The Balaban J connectivity index is 1.65. The highest BCUT2D eigenvalue weighted by molar-refractivity contribution is 6.47. The molecule has 2 aliphatic heterocycles. The maximum atomic E-state index is 14.0. The lowest BCUT2D eigenvalue weighted by molar-refractivity contribution is 0.187. The number of benzene rings is 1. The Kier molecular flexibility index (Phi) is 5.44. The second-order valence-electron chi connectivity index (χ2n) is 6.47. The van der Waals surface area contributed by atoms with Crippen molar-refractivity contribution >= 4 is 34.8 Å². The molecule has 31 heavy (non-hydrogen) atoms. The molecule has 4 rings (SSSR count). The number of pyridine rings is 1. The van der Waals surface area contributed by atoms with E-state index < -0.39 is 18.0 Å². The zero-order valence-electron chi connectivity index (χ0n) is 16.3. The number of anilines is 2. The topological polar surface area (TPSA) is 127 Å². The number of rotatable bonds is 4. The predicted octanol–water partition coefficient (Wildman–Crippen LogP) is 2.55. The first-order valence-electron chi connectivity index (χ1n) is 9.20. The third-order valence-electron chi connectivity index (χ3n) is 4.41. The third-order valence-corrected chi connectivity index (χ3v) is 4.41. The second kappa shape index (κ2) is 8.50. The summed E-state index contributed by atoms with van der Waals surface area (Å²) in [6.45, 7) is 0.297. The number of nitriles is 1. The molecule has 0 radical (unpaired) electrons. The van der Waals surface area contributed by atoms with Crippen LogP contribution in [0.4, 0.5) is 26.4 Å². The summed E-state index contributed by atoms with van der Waals surface area (Å²) in [5, 5.41) is 16.5. The number of aromatic nitrogens is 1. The summed E-state index contributed by atoms with van der Waals surface area (Å²) < 4.78 is 18.5. The van der Waals surface area contributed by atoms with Crippen molar-refractivity contribution < 1.29 is 13.9 Å². The summed E-state index contributed by atoms with van der Waals surface area (Å²) in [7, 11) is 1.19. The molecule has 2 aromatic rings. The number of nitrogens with zero attached hydrogens (tertiary/aromatic N) is 5. The number of hydrogen-bond donors (Lipinski definition) is 3. The molecule has 1 amide bonds. The fourth-order valence-corrected chi connectivity index (χ4v) is 2.98. The summed E-state index contributed by atoms with van der Waals surface area (Å²) in [5.74, 6) is 0.878. The molecule has 2 aliphatic rings.